The van der Waals surface area contributed by atoms with Crippen molar-refractivity contribution in [3.05, 3.63) is 17.6 Å². The van der Waals surface area contributed by atoms with Crippen LogP contribution in [-0.2, 0) is 0 Å². The van der Waals surface area contributed by atoms with Crippen LogP contribution in [0.25, 0.3) is 10.2 Å². The fourth-order valence-corrected chi connectivity index (χ4v) is 1.91. The van der Waals surface area contributed by atoms with Crippen LogP contribution in [-0.4, -0.2) is 19.2 Å². The Balaban J connectivity index is 2.70. The molecule has 0 bridgehead atoms. The van der Waals surface area contributed by atoms with Crippen molar-refractivity contribution >= 4 is 21.6 Å². The van der Waals surface area contributed by atoms with Crippen LogP contribution in [0.1, 0.15) is 0 Å². The summed E-state index contributed by atoms with van der Waals surface area (Å²) in [6.07, 6.45) is 0. The highest BCUT2D eigenvalue weighted by molar-refractivity contribution is 7.16. The summed E-state index contributed by atoms with van der Waals surface area (Å²) in [4.78, 5) is 4.20. The van der Waals surface area contributed by atoms with Gasteiger partial charge in [0.25, 0.3) is 0 Å². The second kappa shape index (κ2) is 3.22. The van der Waals surface area contributed by atoms with Crippen molar-refractivity contribution in [2.24, 2.45) is 0 Å². The summed E-state index contributed by atoms with van der Waals surface area (Å²) < 4.78 is 11.4. The summed E-state index contributed by atoms with van der Waals surface area (Å²) in [5.74, 6) is 1.56. The summed E-state index contributed by atoms with van der Waals surface area (Å²) in [5, 5.41) is 0. The van der Waals surface area contributed by atoms with Gasteiger partial charge >= 0.3 is 0 Å². The quantitative estimate of drug-likeness (QED) is 0.736. The highest BCUT2D eigenvalue weighted by Gasteiger charge is 2.06. The number of hydrogen-bond donors (Lipinski definition) is 0. The lowest BCUT2D eigenvalue weighted by molar-refractivity contribution is 0.397. The lowest BCUT2D eigenvalue weighted by Gasteiger charge is -2.03. The van der Waals surface area contributed by atoms with E-state index in [1.807, 2.05) is 12.1 Å². The van der Waals surface area contributed by atoms with Crippen LogP contribution < -0.4 is 9.47 Å². The largest absolute Gasteiger partial charge is 0.497 e. The van der Waals surface area contributed by atoms with Gasteiger partial charge in [-0.2, -0.15) is 0 Å². The van der Waals surface area contributed by atoms with E-state index in [0.717, 1.165) is 21.7 Å². The van der Waals surface area contributed by atoms with Crippen molar-refractivity contribution in [3.8, 4) is 11.5 Å². The minimum atomic E-state index is 0.760. The van der Waals surface area contributed by atoms with Gasteiger partial charge in [0.05, 0.1) is 24.4 Å². The molecule has 4 heteroatoms. The molecule has 2 rings (SSSR count). The van der Waals surface area contributed by atoms with Gasteiger partial charge in [-0.1, -0.05) is 0 Å². The molecule has 0 atom stereocenters. The number of rotatable bonds is 2. The molecular weight excluding hydrogens is 186 g/mol. The smallest absolute Gasteiger partial charge is 0.149 e. The second-order valence-corrected chi connectivity index (χ2v) is 3.42. The van der Waals surface area contributed by atoms with E-state index in [1.54, 1.807) is 31.1 Å². The Labute approximate surface area is 79.9 Å². The average Bonchev–Trinajstić information content (AvgIpc) is 2.63. The molecule has 3 nitrogen and oxygen atoms in total. The Morgan fingerprint density at radius 3 is 2.77 bits per heavy atom. The van der Waals surface area contributed by atoms with Gasteiger partial charge in [-0.3, -0.25) is 0 Å². The van der Waals surface area contributed by atoms with Crippen molar-refractivity contribution < 1.29 is 9.47 Å². The van der Waals surface area contributed by atoms with Crippen molar-refractivity contribution in [3.63, 3.8) is 0 Å². The first kappa shape index (κ1) is 8.31. The van der Waals surface area contributed by atoms with Gasteiger partial charge in [0, 0.05) is 6.07 Å². The lowest BCUT2D eigenvalue weighted by atomic mass is 10.3. The molecule has 0 radical (unpaired) electrons. The lowest BCUT2D eigenvalue weighted by Crippen LogP contribution is -1.87. The molecule has 0 aliphatic rings. The number of thiazole rings is 1. The molecule has 1 heterocycles. The number of nitrogens with zero attached hydrogens (tertiary/aromatic N) is 1. The number of methoxy groups -OCH3 is 2. The summed E-state index contributed by atoms with van der Waals surface area (Å²) in [6.45, 7) is 0. The fourth-order valence-electron chi connectivity index (χ4n) is 1.18. The van der Waals surface area contributed by atoms with Crippen LogP contribution in [0.2, 0.25) is 0 Å². The van der Waals surface area contributed by atoms with E-state index in [1.165, 1.54) is 0 Å². The molecule has 0 N–H and O–H groups in total. The summed E-state index contributed by atoms with van der Waals surface area (Å²) >= 11 is 1.58. The molecule has 1 aromatic carbocycles. The summed E-state index contributed by atoms with van der Waals surface area (Å²) in [5.41, 5.74) is 2.69. The van der Waals surface area contributed by atoms with Crippen LogP contribution in [0.5, 0.6) is 11.5 Å². The molecule has 0 saturated carbocycles. The Hall–Kier alpha value is -1.29. The molecule has 1 aromatic heterocycles. The number of aromatic nitrogens is 1. The predicted octanol–water partition coefficient (Wildman–Crippen LogP) is 2.31. The second-order valence-electron chi connectivity index (χ2n) is 2.53. The van der Waals surface area contributed by atoms with Gasteiger partial charge in [-0.05, 0) is 6.07 Å². The molecular formula is C9H9NO2S. The highest BCUT2D eigenvalue weighted by atomic mass is 32.1. The maximum Gasteiger partial charge on any atom is 0.149 e. The molecule has 68 valence electrons. The van der Waals surface area contributed by atoms with Gasteiger partial charge in [0.15, 0.2) is 0 Å². The minimum Gasteiger partial charge on any atom is -0.497 e. The molecule has 13 heavy (non-hydrogen) atoms. The van der Waals surface area contributed by atoms with Crippen LogP contribution in [0.4, 0.5) is 0 Å². The maximum absolute atomic E-state index is 5.19. The average molecular weight is 195 g/mol. The first-order valence-corrected chi connectivity index (χ1v) is 4.68. The van der Waals surface area contributed by atoms with E-state index in [9.17, 15) is 0 Å². The van der Waals surface area contributed by atoms with E-state index in [4.69, 9.17) is 9.47 Å². The van der Waals surface area contributed by atoms with Crippen LogP contribution in [0.15, 0.2) is 17.6 Å². The Morgan fingerprint density at radius 1 is 1.23 bits per heavy atom. The Morgan fingerprint density at radius 2 is 2.08 bits per heavy atom. The van der Waals surface area contributed by atoms with Gasteiger partial charge in [0.2, 0.25) is 0 Å². The third-order valence-electron chi connectivity index (χ3n) is 1.83. The van der Waals surface area contributed by atoms with Crippen molar-refractivity contribution in [2.45, 2.75) is 0 Å². The number of ether oxygens (including phenoxy) is 2. The zero-order valence-electron chi connectivity index (χ0n) is 7.40. The van der Waals surface area contributed by atoms with E-state index in [-0.39, 0.29) is 0 Å². The topological polar surface area (TPSA) is 31.4 Å². The van der Waals surface area contributed by atoms with Crippen LogP contribution in [0, 0.1) is 0 Å². The van der Waals surface area contributed by atoms with Crippen LogP contribution in [0.3, 0.4) is 0 Å². The third kappa shape index (κ3) is 1.33. The summed E-state index contributed by atoms with van der Waals surface area (Å²) in [6, 6.07) is 3.79. The zero-order chi connectivity index (χ0) is 9.26. The Bertz CT molecular complexity index is 424. The monoisotopic (exact) mass is 195 g/mol. The first-order valence-electron chi connectivity index (χ1n) is 3.80. The van der Waals surface area contributed by atoms with E-state index in [2.05, 4.69) is 4.98 Å². The molecule has 0 aliphatic heterocycles. The molecule has 0 aliphatic carbocycles. The molecule has 0 spiro atoms. The number of hydrogen-bond acceptors (Lipinski definition) is 4. The SMILES string of the molecule is COc1cc(OC)c2ncsc2c1. The highest BCUT2D eigenvalue weighted by Crippen LogP contribution is 2.32. The molecule has 0 fully saturated rings. The van der Waals surface area contributed by atoms with E-state index < -0.39 is 0 Å². The van der Waals surface area contributed by atoms with Gasteiger partial charge in [-0.15, -0.1) is 11.3 Å². The maximum atomic E-state index is 5.19. The van der Waals surface area contributed by atoms with Gasteiger partial charge < -0.3 is 9.47 Å². The summed E-state index contributed by atoms with van der Waals surface area (Å²) in [7, 11) is 3.27. The molecule has 0 unspecified atom stereocenters. The standard InChI is InChI=1S/C9H9NO2S/c1-11-6-3-7(12-2)9-8(4-6)13-5-10-9/h3-5H,1-2H3. The fraction of sp³-hybridized carbons (Fsp3) is 0.222. The van der Waals surface area contributed by atoms with Crippen molar-refractivity contribution in [2.75, 3.05) is 14.2 Å². The third-order valence-corrected chi connectivity index (χ3v) is 2.61. The Kier molecular flexibility index (Phi) is 2.06. The van der Waals surface area contributed by atoms with Gasteiger partial charge in [0.1, 0.15) is 17.0 Å². The van der Waals surface area contributed by atoms with E-state index in [0.29, 0.717) is 0 Å². The molecule has 0 amide bonds. The zero-order valence-corrected chi connectivity index (χ0v) is 8.22. The first-order chi connectivity index (χ1) is 6.35. The number of benzene rings is 1. The predicted molar refractivity (Wildman–Crippen MR) is 52.7 cm³/mol. The molecule has 2 aromatic rings. The molecule has 0 saturated heterocycles. The number of fused-ring (bicyclic) bond motifs is 1. The van der Waals surface area contributed by atoms with Crippen molar-refractivity contribution in [1.29, 1.82) is 0 Å². The van der Waals surface area contributed by atoms with E-state index >= 15 is 0 Å². The minimum absolute atomic E-state index is 0.760. The van der Waals surface area contributed by atoms with Crippen LogP contribution >= 0.6 is 11.3 Å². The normalized spacial score (nSPS) is 10.3. The van der Waals surface area contributed by atoms with Gasteiger partial charge in [-0.25, -0.2) is 4.98 Å². The van der Waals surface area contributed by atoms with Crippen molar-refractivity contribution in [1.82, 2.24) is 4.98 Å².